The second-order valence-corrected chi connectivity index (χ2v) is 5.64. The van der Waals surface area contributed by atoms with Crippen molar-refractivity contribution in [2.75, 3.05) is 6.54 Å². The lowest BCUT2D eigenvalue weighted by Crippen LogP contribution is -2.39. The number of hydrogen-bond donors (Lipinski definition) is 3. The molecule has 1 rings (SSSR count). The van der Waals surface area contributed by atoms with E-state index in [0.717, 1.165) is 0 Å². The molecular formula is C9H16N4O3S. The Hall–Kier alpha value is -1.41. The number of carbonyl (C=O) groups is 1. The van der Waals surface area contributed by atoms with E-state index < -0.39 is 10.0 Å². The van der Waals surface area contributed by atoms with Crippen LogP contribution in [0.2, 0.25) is 0 Å². The Balaban J connectivity index is 2.64. The van der Waals surface area contributed by atoms with Gasteiger partial charge in [-0.1, -0.05) is 0 Å². The molecule has 0 bridgehead atoms. The van der Waals surface area contributed by atoms with Gasteiger partial charge in [-0.3, -0.25) is 9.89 Å². The molecule has 0 unspecified atom stereocenters. The molecule has 0 aliphatic heterocycles. The maximum atomic E-state index is 11.8. The van der Waals surface area contributed by atoms with Crippen LogP contribution in [0.3, 0.4) is 0 Å². The van der Waals surface area contributed by atoms with Crippen molar-refractivity contribution in [2.45, 2.75) is 31.7 Å². The molecule has 1 amide bonds. The van der Waals surface area contributed by atoms with Gasteiger partial charge in [-0.2, -0.15) is 5.10 Å². The number of aryl methyl sites for hydroxylation is 1. The van der Waals surface area contributed by atoms with E-state index in [9.17, 15) is 13.2 Å². The zero-order valence-corrected chi connectivity index (χ0v) is 10.8. The molecule has 0 atom stereocenters. The summed E-state index contributed by atoms with van der Waals surface area (Å²) in [5, 5.41) is 8.73. The van der Waals surface area contributed by atoms with Crippen molar-refractivity contribution in [1.82, 2.24) is 20.2 Å². The zero-order chi connectivity index (χ0) is 13.1. The van der Waals surface area contributed by atoms with Crippen LogP contribution in [0.25, 0.3) is 0 Å². The Morgan fingerprint density at radius 3 is 2.65 bits per heavy atom. The van der Waals surface area contributed by atoms with Crippen LogP contribution in [0, 0.1) is 6.92 Å². The first kappa shape index (κ1) is 13.7. The van der Waals surface area contributed by atoms with E-state index in [4.69, 9.17) is 0 Å². The van der Waals surface area contributed by atoms with Crippen molar-refractivity contribution in [3.8, 4) is 0 Å². The summed E-state index contributed by atoms with van der Waals surface area (Å²) < 4.78 is 25.7. The first-order valence-corrected chi connectivity index (χ1v) is 6.60. The van der Waals surface area contributed by atoms with Crippen molar-refractivity contribution in [3.63, 3.8) is 0 Å². The second kappa shape index (κ2) is 5.28. The molecule has 8 heteroatoms. The molecule has 0 aliphatic carbocycles. The van der Waals surface area contributed by atoms with Crippen LogP contribution in [-0.4, -0.2) is 37.1 Å². The van der Waals surface area contributed by atoms with Gasteiger partial charge in [0.2, 0.25) is 15.9 Å². The third-order valence-electron chi connectivity index (χ3n) is 1.95. The molecule has 17 heavy (non-hydrogen) atoms. The third kappa shape index (κ3) is 3.82. The topological polar surface area (TPSA) is 104 Å². The molecule has 0 saturated carbocycles. The summed E-state index contributed by atoms with van der Waals surface area (Å²) in [4.78, 5) is 11.3. The Bertz CT molecular complexity index is 492. The Kier molecular flexibility index (Phi) is 4.24. The molecule has 7 nitrogen and oxygen atoms in total. The number of amides is 1. The molecule has 0 saturated heterocycles. The van der Waals surface area contributed by atoms with Crippen LogP contribution in [-0.2, 0) is 14.8 Å². The van der Waals surface area contributed by atoms with E-state index in [1.165, 1.54) is 6.20 Å². The summed E-state index contributed by atoms with van der Waals surface area (Å²) in [5.41, 5.74) is 0.432. The van der Waals surface area contributed by atoms with Gasteiger partial charge < -0.3 is 5.32 Å². The van der Waals surface area contributed by atoms with Gasteiger partial charge in [-0.25, -0.2) is 13.1 Å². The summed E-state index contributed by atoms with van der Waals surface area (Å²) >= 11 is 0. The monoisotopic (exact) mass is 260 g/mol. The van der Waals surface area contributed by atoms with Crippen LogP contribution < -0.4 is 10.0 Å². The number of aromatic nitrogens is 2. The maximum Gasteiger partial charge on any atom is 0.244 e. The predicted molar refractivity (Wildman–Crippen MR) is 61.8 cm³/mol. The number of nitrogens with zero attached hydrogens (tertiary/aromatic N) is 1. The first-order valence-electron chi connectivity index (χ1n) is 5.12. The van der Waals surface area contributed by atoms with Crippen molar-refractivity contribution in [3.05, 3.63) is 11.9 Å². The van der Waals surface area contributed by atoms with E-state index in [0.29, 0.717) is 5.69 Å². The van der Waals surface area contributed by atoms with Crippen LogP contribution in [0.1, 0.15) is 19.5 Å². The molecule has 0 radical (unpaired) electrons. The Morgan fingerprint density at radius 1 is 1.53 bits per heavy atom. The molecule has 1 aromatic rings. The standard InChI is InChI=1S/C9H16N4O3S/c1-6(2)12-9(14)5-11-17(15,16)8-4-10-13-7(8)3/h4,6,11H,5H2,1-3H3,(H,10,13)(H,12,14). The van der Waals surface area contributed by atoms with Crippen LogP contribution in [0.15, 0.2) is 11.1 Å². The number of aromatic amines is 1. The minimum absolute atomic E-state index is 0.0253. The van der Waals surface area contributed by atoms with E-state index in [-0.39, 0.29) is 23.4 Å². The van der Waals surface area contributed by atoms with E-state index >= 15 is 0 Å². The highest BCUT2D eigenvalue weighted by Crippen LogP contribution is 2.09. The van der Waals surface area contributed by atoms with Crippen molar-refractivity contribution in [1.29, 1.82) is 0 Å². The quantitative estimate of drug-likeness (QED) is 0.665. The average molecular weight is 260 g/mol. The maximum absolute atomic E-state index is 11.8. The lowest BCUT2D eigenvalue weighted by molar-refractivity contribution is -0.120. The van der Waals surface area contributed by atoms with E-state index in [1.54, 1.807) is 20.8 Å². The molecule has 0 aromatic carbocycles. The van der Waals surface area contributed by atoms with Crippen molar-refractivity contribution >= 4 is 15.9 Å². The SMILES string of the molecule is Cc1[nH]ncc1S(=O)(=O)NCC(=O)NC(C)C. The zero-order valence-electron chi connectivity index (χ0n) is 9.94. The van der Waals surface area contributed by atoms with Crippen LogP contribution >= 0.6 is 0 Å². The summed E-state index contributed by atoms with van der Waals surface area (Å²) in [6.45, 7) is 4.90. The summed E-state index contributed by atoms with van der Waals surface area (Å²) in [6.07, 6.45) is 1.21. The largest absolute Gasteiger partial charge is 0.353 e. The normalized spacial score (nSPS) is 11.8. The fourth-order valence-electron chi connectivity index (χ4n) is 1.22. The second-order valence-electron chi connectivity index (χ2n) is 3.91. The lowest BCUT2D eigenvalue weighted by atomic mass is 10.4. The van der Waals surface area contributed by atoms with Gasteiger partial charge >= 0.3 is 0 Å². The van der Waals surface area contributed by atoms with Gasteiger partial charge in [0.1, 0.15) is 4.90 Å². The van der Waals surface area contributed by atoms with Gasteiger partial charge in [-0.05, 0) is 20.8 Å². The number of carbonyl (C=O) groups excluding carboxylic acids is 1. The minimum Gasteiger partial charge on any atom is -0.353 e. The van der Waals surface area contributed by atoms with Crippen molar-refractivity contribution < 1.29 is 13.2 Å². The highest BCUT2D eigenvalue weighted by molar-refractivity contribution is 7.89. The number of sulfonamides is 1. The van der Waals surface area contributed by atoms with Gasteiger partial charge in [0.05, 0.1) is 18.4 Å². The minimum atomic E-state index is -3.68. The summed E-state index contributed by atoms with van der Waals surface area (Å²) in [7, 11) is -3.68. The van der Waals surface area contributed by atoms with Crippen LogP contribution in [0.4, 0.5) is 0 Å². The van der Waals surface area contributed by atoms with Gasteiger partial charge in [-0.15, -0.1) is 0 Å². The molecular weight excluding hydrogens is 244 g/mol. The van der Waals surface area contributed by atoms with Gasteiger partial charge in [0.15, 0.2) is 0 Å². The number of H-pyrrole nitrogens is 1. The highest BCUT2D eigenvalue weighted by Gasteiger charge is 2.19. The van der Waals surface area contributed by atoms with Gasteiger partial charge in [0, 0.05) is 6.04 Å². The average Bonchev–Trinajstić information content (AvgIpc) is 2.61. The number of nitrogens with one attached hydrogen (secondary N) is 3. The molecule has 0 spiro atoms. The molecule has 0 aliphatic rings. The molecule has 1 aromatic heterocycles. The molecule has 3 N–H and O–H groups in total. The molecule has 96 valence electrons. The fraction of sp³-hybridized carbons (Fsp3) is 0.556. The third-order valence-corrected chi connectivity index (χ3v) is 3.46. The number of hydrogen-bond acceptors (Lipinski definition) is 4. The van der Waals surface area contributed by atoms with Crippen molar-refractivity contribution in [2.24, 2.45) is 0 Å². The van der Waals surface area contributed by atoms with Gasteiger partial charge in [0.25, 0.3) is 0 Å². The fourth-order valence-corrected chi connectivity index (χ4v) is 2.34. The summed E-state index contributed by atoms with van der Waals surface area (Å²) in [6, 6.07) is -0.0253. The molecule has 0 fully saturated rings. The first-order chi connectivity index (χ1) is 7.83. The lowest BCUT2D eigenvalue weighted by Gasteiger charge is -2.09. The van der Waals surface area contributed by atoms with Crippen LogP contribution in [0.5, 0.6) is 0 Å². The number of rotatable bonds is 5. The Labute approximate surface area is 100 Å². The Morgan fingerprint density at radius 2 is 2.18 bits per heavy atom. The summed E-state index contributed by atoms with van der Waals surface area (Å²) in [5.74, 6) is -0.371. The van der Waals surface area contributed by atoms with E-state index in [1.807, 2.05) is 0 Å². The molecule has 1 heterocycles. The predicted octanol–water partition coefficient (Wildman–Crippen LogP) is -0.479. The highest BCUT2D eigenvalue weighted by atomic mass is 32.2. The smallest absolute Gasteiger partial charge is 0.244 e. The van der Waals surface area contributed by atoms with E-state index in [2.05, 4.69) is 20.2 Å².